The van der Waals surface area contributed by atoms with Gasteiger partial charge in [0.1, 0.15) is 22.8 Å². The van der Waals surface area contributed by atoms with Crippen LogP contribution in [0.1, 0.15) is 146 Å². The van der Waals surface area contributed by atoms with E-state index in [-0.39, 0.29) is 82.0 Å². The van der Waals surface area contributed by atoms with Crippen molar-refractivity contribution in [3.8, 4) is 0 Å². The van der Waals surface area contributed by atoms with Gasteiger partial charge >= 0.3 is 29.8 Å². The van der Waals surface area contributed by atoms with Crippen molar-refractivity contribution in [1.82, 2.24) is 20.0 Å². The highest BCUT2D eigenvalue weighted by atomic mass is 16.6. The van der Waals surface area contributed by atoms with Crippen molar-refractivity contribution in [3.63, 3.8) is 0 Å². The van der Waals surface area contributed by atoms with Crippen molar-refractivity contribution < 1.29 is 57.6 Å². The summed E-state index contributed by atoms with van der Waals surface area (Å²) in [6.45, 7) is 20.8. The smallest absolute Gasteiger partial charge is 0.320 e. The van der Waals surface area contributed by atoms with Crippen LogP contribution in [0.15, 0.2) is 24.3 Å². The van der Waals surface area contributed by atoms with Crippen LogP contribution >= 0.6 is 0 Å². The van der Waals surface area contributed by atoms with Crippen molar-refractivity contribution in [1.29, 1.82) is 0 Å². The fourth-order valence-electron chi connectivity index (χ4n) is 8.17. The number of likely N-dealkylation sites (N-methyl/N-ethyl adjacent to an activating group) is 1. The molecule has 0 radical (unpaired) electrons. The lowest BCUT2D eigenvalue weighted by molar-refractivity contribution is -0.161. The second-order valence-corrected chi connectivity index (χ2v) is 20.6. The van der Waals surface area contributed by atoms with Crippen LogP contribution in [0.3, 0.4) is 0 Å². The molecular formula is C50H84N6O12. The SMILES string of the molecule is CCOC(=O)CN(CC(=O)OC(C)(C)C)[C@H](Cc1ccc(NC(=O)CCCC(=O)NCCCCC(N)C(=O)O)cc1)CN(CC(=O)OC(C)(C)C)[C@H]1CCCC[C@@H]1N(CC)CC(=O)OC(C)(C)C. The van der Waals surface area contributed by atoms with Crippen LogP contribution in [0.5, 0.6) is 0 Å². The lowest BCUT2D eigenvalue weighted by Gasteiger charge is -2.46. The van der Waals surface area contributed by atoms with Gasteiger partial charge in [0.15, 0.2) is 0 Å². The minimum atomic E-state index is -1.05. The number of hydrogen-bond acceptors (Lipinski definition) is 15. The number of esters is 4. The van der Waals surface area contributed by atoms with E-state index in [0.29, 0.717) is 50.9 Å². The third kappa shape index (κ3) is 25.1. The summed E-state index contributed by atoms with van der Waals surface area (Å²) in [4.78, 5) is 96.0. The zero-order valence-corrected chi connectivity index (χ0v) is 42.9. The first-order valence-corrected chi connectivity index (χ1v) is 24.4. The lowest BCUT2D eigenvalue weighted by atomic mass is 9.87. The quantitative estimate of drug-likeness (QED) is 0.0478. The third-order valence-electron chi connectivity index (χ3n) is 11.0. The molecule has 0 bridgehead atoms. The Hall–Kier alpha value is -4.65. The Labute approximate surface area is 405 Å². The molecule has 0 heterocycles. The molecule has 2 amide bonds. The van der Waals surface area contributed by atoms with Crippen LogP contribution in [-0.4, -0.2) is 155 Å². The number of benzene rings is 1. The first-order chi connectivity index (χ1) is 31.7. The number of nitrogens with two attached hydrogens (primary N) is 1. The summed E-state index contributed by atoms with van der Waals surface area (Å²) in [5.41, 5.74) is 4.66. The molecule has 0 saturated heterocycles. The summed E-state index contributed by atoms with van der Waals surface area (Å²) in [6, 6.07) is 5.41. The van der Waals surface area contributed by atoms with Crippen LogP contribution in [-0.2, 0) is 58.9 Å². The van der Waals surface area contributed by atoms with E-state index < -0.39 is 52.8 Å². The molecule has 1 unspecified atom stereocenters. The molecule has 1 aliphatic rings. The van der Waals surface area contributed by atoms with E-state index in [9.17, 15) is 33.6 Å². The molecule has 18 heteroatoms. The Morgan fingerprint density at radius 3 is 1.71 bits per heavy atom. The minimum Gasteiger partial charge on any atom is -0.480 e. The molecule has 4 atom stereocenters. The molecule has 386 valence electrons. The normalized spacial score (nSPS) is 16.5. The third-order valence-corrected chi connectivity index (χ3v) is 11.0. The molecule has 1 aliphatic carbocycles. The minimum absolute atomic E-state index is 0.0690. The van der Waals surface area contributed by atoms with Gasteiger partial charge in [0.2, 0.25) is 11.8 Å². The van der Waals surface area contributed by atoms with Gasteiger partial charge in [-0.1, -0.05) is 31.9 Å². The molecule has 5 N–H and O–H groups in total. The van der Waals surface area contributed by atoms with E-state index in [0.717, 1.165) is 31.2 Å². The number of nitrogens with zero attached hydrogens (tertiary/aromatic N) is 3. The molecular weight excluding hydrogens is 877 g/mol. The molecule has 0 spiro atoms. The number of carboxylic acids is 1. The zero-order valence-electron chi connectivity index (χ0n) is 42.9. The summed E-state index contributed by atoms with van der Waals surface area (Å²) < 4.78 is 22.8. The van der Waals surface area contributed by atoms with Gasteiger partial charge in [-0.2, -0.15) is 0 Å². The molecule has 1 aromatic carbocycles. The van der Waals surface area contributed by atoms with Gasteiger partial charge in [0, 0.05) is 49.7 Å². The molecule has 0 aliphatic heterocycles. The van der Waals surface area contributed by atoms with E-state index in [1.165, 1.54) is 0 Å². The van der Waals surface area contributed by atoms with Gasteiger partial charge in [0.05, 0.1) is 32.8 Å². The van der Waals surface area contributed by atoms with Crippen molar-refractivity contribution in [2.45, 2.75) is 188 Å². The van der Waals surface area contributed by atoms with E-state index in [4.69, 9.17) is 29.8 Å². The van der Waals surface area contributed by atoms with Gasteiger partial charge in [-0.25, -0.2) is 0 Å². The van der Waals surface area contributed by atoms with Crippen LogP contribution in [0.2, 0.25) is 0 Å². The number of unbranched alkanes of at least 4 members (excludes halogenated alkanes) is 1. The predicted molar refractivity (Wildman–Crippen MR) is 259 cm³/mol. The van der Waals surface area contributed by atoms with E-state index in [1.54, 1.807) is 44.7 Å². The fraction of sp³-hybridized carbons (Fsp3) is 0.740. The van der Waals surface area contributed by atoms with Crippen molar-refractivity contribution >= 4 is 47.3 Å². The second-order valence-electron chi connectivity index (χ2n) is 20.6. The lowest BCUT2D eigenvalue weighted by Crippen LogP contribution is -2.59. The number of ether oxygens (including phenoxy) is 4. The fourth-order valence-corrected chi connectivity index (χ4v) is 8.17. The van der Waals surface area contributed by atoms with E-state index in [1.807, 2.05) is 60.6 Å². The molecule has 0 aromatic heterocycles. The average Bonchev–Trinajstić information content (AvgIpc) is 3.20. The van der Waals surface area contributed by atoms with Crippen molar-refractivity contribution in [2.75, 3.05) is 57.7 Å². The van der Waals surface area contributed by atoms with Gasteiger partial charge in [-0.15, -0.1) is 0 Å². The molecule has 1 fully saturated rings. The standard InChI is InChI=1S/C50H84N6O12/c1-12-54(32-44(60)66-48(3,4)5)39-20-14-15-21-40(39)56(34-46(62)68-50(9,10)11)30-37(55(31-43(59)65-13-2)33-45(61)67-49(6,7)8)29-35-24-26-36(27-25-35)53-42(58)23-18-22-41(57)52-28-17-16-19-38(51)47(63)64/h24-27,37-40H,12-23,28-34,51H2,1-11H3,(H,52,57)(H,53,58)(H,63,64)/t37-,38?,39+,40+/m1/s1. The van der Waals surface area contributed by atoms with E-state index >= 15 is 0 Å². The molecule has 1 aromatic rings. The second kappa shape index (κ2) is 28.7. The Balaban J connectivity index is 2.46. The first-order valence-electron chi connectivity index (χ1n) is 24.4. The Kier molecular flexibility index (Phi) is 25.1. The highest BCUT2D eigenvalue weighted by Crippen LogP contribution is 2.29. The monoisotopic (exact) mass is 961 g/mol. The maximum atomic E-state index is 13.8. The Bertz CT molecular complexity index is 1770. The number of amides is 2. The number of nitrogens with one attached hydrogen (secondary N) is 2. The number of rotatable bonds is 28. The highest BCUT2D eigenvalue weighted by molar-refractivity contribution is 5.91. The number of carbonyl (C=O) groups excluding carboxylic acids is 6. The highest BCUT2D eigenvalue weighted by Gasteiger charge is 2.39. The molecule has 2 rings (SSSR count). The molecule has 18 nitrogen and oxygen atoms in total. The predicted octanol–water partition coefficient (Wildman–Crippen LogP) is 5.23. The number of anilines is 1. The summed E-state index contributed by atoms with van der Waals surface area (Å²) in [6.07, 6.45) is 5.70. The van der Waals surface area contributed by atoms with Crippen molar-refractivity contribution in [3.05, 3.63) is 29.8 Å². The van der Waals surface area contributed by atoms with Gasteiger partial charge in [0.25, 0.3) is 0 Å². The summed E-state index contributed by atoms with van der Waals surface area (Å²) in [5.74, 6) is -3.36. The van der Waals surface area contributed by atoms with Crippen LogP contribution in [0.25, 0.3) is 0 Å². The number of aliphatic carboxylic acids is 1. The largest absolute Gasteiger partial charge is 0.480 e. The van der Waals surface area contributed by atoms with Crippen LogP contribution in [0.4, 0.5) is 5.69 Å². The first kappa shape index (κ1) is 59.5. The van der Waals surface area contributed by atoms with Gasteiger partial charge in [-0.05, 0) is 138 Å². The zero-order chi connectivity index (χ0) is 51.2. The number of carboxylic acid groups (broad SMARTS) is 1. The summed E-state index contributed by atoms with van der Waals surface area (Å²) in [7, 11) is 0. The van der Waals surface area contributed by atoms with Gasteiger partial charge in [-0.3, -0.25) is 48.3 Å². The van der Waals surface area contributed by atoms with Crippen molar-refractivity contribution in [2.24, 2.45) is 5.73 Å². The van der Waals surface area contributed by atoms with E-state index in [2.05, 4.69) is 20.4 Å². The molecule has 1 saturated carbocycles. The maximum absolute atomic E-state index is 13.8. The van der Waals surface area contributed by atoms with Gasteiger partial charge < -0.3 is 40.4 Å². The molecule has 68 heavy (non-hydrogen) atoms. The van der Waals surface area contributed by atoms with Crippen LogP contribution in [0, 0.1) is 0 Å². The summed E-state index contributed by atoms with van der Waals surface area (Å²) in [5, 5.41) is 14.6. The Morgan fingerprint density at radius 2 is 1.19 bits per heavy atom. The maximum Gasteiger partial charge on any atom is 0.320 e. The topological polar surface area (TPSA) is 236 Å². The summed E-state index contributed by atoms with van der Waals surface area (Å²) >= 11 is 0. The average molecular weight is 961 g/mol. The number of hydrogen-bond donors (Lipinski definition) is 4. The van der Waals surface area contributed by atoms with Crippen LogP contribution < -0.4 is 16.4 Å². The Morgan fingerprint density at radius 1 is 0.691 bits per heavy atom. The number of carbonyl (C=O) groups is 7.